The number of carbonyl (C=O) groups excluding carboxylic acids is 1. The largest absolute Gasteiger partial charge is 0.416 e. The fourth-order valence-corrected chi connectivity index (χ4v) is 2.63. The SMILES string of the molecule is CCNC(=NCC(C)(O)c1cnn(C)c1)NCCNC(=O)c1ccc(C(F)(F)F)cc1. The van der Waals surface area contributed by atoms with Crippen LogP contribution < -0.4 is 16.0 Å². The molecule has 0 aliphatic carbocycles. The highest BCUT2D eigenvalue weighted by atomic mass is 19.4. The Balaban J connectivity index is 1.85. The Labute approximate surface area is 178 Å². The van der Waals surface area contributed by atoms with Crippen molar-refractivity contribution in [1.82, 2.24) is 25.7 Å². The first-order chi connectivity index (χ1) is 14.5. The molecule has 1 aromatic heterocycles. The molecule has 0 radical (unpaired) electrons. The lowest BCUT2D eigenvalue weighted by Crippen LogP contribution is -2.42. The molecule has 0 saturated heterocycles. The molecular weight excluding hydrogens is 413 g/mol. The number of nitrogens with one attached hydrogen (secondary N) is 3. The maximum Gasteiger partial charge on any atom is 0.416 e. The second-order valence-electron chi connectivity index (χ2n) is 7.13. The van der Waals surface area contributed by atoms with Crippen molar-refractivity contribution in [3.05, 3.63) is 53.3 Å². The molecule has 0 saturated carbocycles. The van der Waals surface area contributed by atoms with Crippen LogP contribution in [0.4, 0.5) is 13.2 Å². The Morgan fingerprint density at radius 2 is 1.77 bits per heavy atom. The molecule has 1 aromatic carbocycles. The number of hydrogen-bond acceptors (Lipinski definition) is 4. The average molecular weight is 440 g/mol. The molecule has 1 unspecified atom stereocenters. The van der Waals surface area contributed by atoms with E-state index in [-0.39, 0.29) is 18.7 Å². The molecular formula is C20H27F3N6O2. The van der Waals surface area contributed by atoms with Gasteiger partial charge in [-0.1, -0.05) is 0 Å². The maximum absolute atomic E-state index is 12.6. The molecule has 170 valence electrons. The average Bonchev–Trinajstić information content (AvgIpc) is 3.16. The van der Waals surface area contributed by atoms with Crippen molar-refractivity contribution in [1.29, 1.82) is 0 Å². The summed E-state index contributed by atoms with van der Waals surface area (Å²) < 4.78 is 39.4. The minimum Gasteiger partial charge on any atom is -0.383 e. The lowest BCUT2D eigenvalue weighted by molar-refractivity contribution is -0.137. The molecule has 0 aliphatic rings. The van der Waals surface area contributed by atoms with E-state index in [2.05, 4.69) is 26.0 Å². The van der Waals surface area contributed by atoms with Crippen LogP contribution in [-0.4, -0.2) is 52.9 Å². The predicted molar refractivity (Wildman–Crippen MR) is 111 cm³/mol. The molecule has 0 bridgehead atoms. The van der Waals surface area contributed by atoms with Gasteiger partial charge in [0.25, 0.3) is 5.91 Å². The van der Waals surface area contributed by atoms with Gasteiger partial charge in [-0.25, -0.2) is 4.99 Å². The van der Waals surface area contributed by atoms with Crippen molar-refractivity contribution in [2.24, 2.45) is 12.0 Å². The fraction of sp³-hybridized carbons (Fsp3) is 0.450. The summed E-state index contributed by atoms with van der Waals surface area (Å²) >= 11 is 0. The van der Waals surface area contributed by atoms with Gasteiger partial charge in [0.1, 0.15) is 5.60 Å². The molecule has 4 N–H and O–H groups in total. The lowest BCUT2D eigenvalue weighted by Gasteiger charge is -2.20. The fourth-order valence-electron chi connectivity index (χ4n) is 2.63. The van der Waals surface area contributed by atoms with Crippen molar-refractivity contribution < 1.29 is 23.1 Å². The summed E-state index contributed by atoms with van der Waals surface area (Å²) in [5, 5.41) is 23.4. The number of aryl methyl sites for hydroxylation is 1. The summed E-state index contributed by atoms with van der Waals surface area (Å²) in [5.74, 6) is -0.0209. The predicted octanol–water partition coefficient (Wildman–Crippen LogP) is 1.63. The number of guanidine groups is 1. The van der Waals surface area contributed by atoms with Gasteiger partial charge >= 0.3 is 6.18 Å². The molecule has 2 rings (SSSR count). The highest BCUT2D eigenvalue weighted by Crippen LogP contribution is 2.29. The van der Waals surface area contributed by atoms with Crippen LogP contribution in [0.15, 0.2) is 41.7 Å². The van der Waals surface area contributed by atoms with Crippen LogP contribution in [0, 0.1) is 0 Å². The van der Waals surface area contributed by atoms with E-state index >= 15 is 0 Å². The number of rotatable bonds is 8. The lowest BCUT2D eigenvalue weighted by atomic mass is 10.0. The van der Waals surface area contributed by atoms with Gasteiger partial charge in [-0.3, -0.25) is 9.48 Å². The van der Waals surface area contributed by atoms with Crippen LogP contribution in [0.5, 0.6) is 0 Å². The molecule has 0 aliphatic heterocycles. The molecule has 0 fully saturated rings. The number of benzene rings is 1. The minimum atomic E-state index is -4.44. The van der Waals surface area contributed by atoms with Crippen LogP contribution in [0.1, 0.15) is 35.3 Å². The second kappa shape index (κ2) is 10.3. The standard InChI is InChI=1S/C20H27F3N6O2/c1-4-24-18(27-13-19(2,31)16-11-28-29(3)12-16)26-10-9-25-17(30)14-5-7-15(8-6-14)20(21,22)23/h5-8,11-12,31H,4,9-10,13H2,1-3H3,(H,25,30)(H2,24,26,27). The van der Waals surface area contributed by atoms with E-state index < -0.39 is 23.2 Å². The first kappa shape index (κ1) is 24.2. The van der Waals surface area contributed by atoms with Crippen LogP contribution in [-0.2, 0) is 18.8 Å². The van der Waals surface area contributed by atoms with E-state index in [1.807, 2.05) is 6.92 Å². The molecule has 31 heavy (non-hydrogen) atoms. The van der Waals surface area contributed by atoms with E-state index in [1.54, 1.807) is 31.0 Å². The molecule has 11 heteroatoms. The number of aliphatic hydroxyl groups is 1. The van der Waals surface area contributed by atoms with E-state index in [0.29, 0.717) is 24.6 Å². The molecule has 8 nitrogen and oxygen atoms in total. The highest BCUT2D eigenvalue weighted by molar-refractivity contribution is 5.94. The van der Waals surface area contributed by atoms with Crippen molar-refractivity contribution >= 4 is 11.9 Å². The first-order valence-electron chi connectivity index (χ1n) is 9.72. The number of carbonyl (C=O) groups is 1. The summed E-state index contributed by atoms with van der Waals surface area (Å²) in [6.07, 6.45) is -1.15. The third-order valence-corrected chi connectivity index (χ3v) is 4.39. The summed E-state index contributed by atoms with van der Waals surface area (Å²) in [4.78, 5) is 16.5. The van der Waals surface area contributed by atoms with Gasteiger partial charge < -0.3 is 21.1 Å². The topological polar surface area (TPSA) is 104 Å². The van der Waals surface area contributed by atoms with Crippen molar-refractivity contribution in [2.45, 2.75) is 25.6 Å². The number of hydrogen-bond donors (Lipinski definition) is 4. The second-order valence-corrected chi connectivity index (χ2v) is 7.13. The number of alkyl halides is 3. The maximum atomic E-state index is 12.6. The van der Waals surface area contributed by atoms with Gasteiger partial charge in [-0.05, 0) is 38.1 Å². The summed E-state index contributed by atoms with van der Waals surface area (Å²) in [7, 11) is 1.76. The van der Waals surface area contributed by atoms with Gasteiger partial charge in [-0.2, -0.15) is 18.3 Å². The van der Waals surface area contributed by atoms with Crippen molar-refractivity contribution in [2.75, 3.05) is 26.2 Å². The van der Waals surface area contributed by atoms with E-state index in [0.717, 1.165) is 24.3 Å². The van der Waals surface area contributed by atoms with E-state index in [9.17, 15) is 23.1 Å². The molecule has 1 atom stereocenters. The van der Waals surface area contributed by atoms with Gasteiger partial charge in [0.15, 0.2) is 5.96 Å². The third kappa shape index (κ3) is 7.28. The van der Waals surface area contributed by atoms with Gasteiger partial charge in [0, 0.05) is 44.0 Å². The zero-order valence-corrected chi connectivity index (χ0v) is 17.6. The molecule has 1 heterocycles. The number of halogens is 3. The monoisotopic (exact) mass is 440 g/mol. The third-order valence-electron chi connectivity index (χ3n) is 4.39. The van der Waals surface area contributed by atoms with Crippen molar-refractivity contribution in [3.63, 3.8) is 0 Å². The number of amides is 1. The zero-order valence-electron chi connectivity index (χ0n) is 17.6. The Kier molecular flexibility index (Phi) is 8.03. The Morgan fingerprint density at radius 1 is 1.13 bits per heavy atom. The summed E-state index contributed by atoms with van der Waals surface area (Å²) in [6.45, 7) is 4.77. The molecule has 0 spiro atoms. The highest BCUT2D eigenvalue weighted by Gasteiger charge is 2.30. The number of aliphatic imine (C=N–C) groups is 1. The normalized spacial score (nSPS) is 14.1. The van der Waals surface area contributed by atoms with E-state index in [1.165, 1.54) is 0 Å². The van der Waals surface area contributed by atoms with Crippen LogP contribution >= 0.6 is 0 Å². The summed E-state index contributed by atoms with van der Waals surface area (Å²) in [5.41, 5.74) is -1.23. The van der Waals surface area contributed by atoms with Crippen LogP contribution in [0.25, 0.3) is 0 Å². The minimum absolute atomic E-state index is 0.0892. The molecule has 1 amide bonds. The number of aromatic nitrogens is 2. The van der Waals surface area contributed by atoms with Crippen LogP contribution in [0.2, 0.25) is 0 Å². The van der Waals surface area contributed by atoms with Crippen LogP contribution in [0.3, 0.4) is 0 Å². The molecule has 2 aromatic rings. The zero-order chi connectivity index (χ0) is 23.1. The quantitative estimate of drug-likeness (QED) is 0.284. The van der Waals surface area contributed by atoms with Gasteiger partial charge in [0.05, 0.1) is 18.3 Å². The smallest absolute Gasteiger partial charge is 0.383 e. The van der Waals surface area contributed by atoms with Crippen molar-refractivity contribution in [3.8, 4) is 0 Å². The Bertz CT molecular complexity index is 891. The Morgan fingerprint density at radius 3 is 2.32 bits per heavy atom. The number of nitrogens with zero attached hydrogens (tertiary/aromatic N) is 3. The Hall–Kier alpha value is -3.08. The van der Waals surface area contributed by atoms with Gasteiger partial charge in [0.2, 0.25) is 0 Å². The summed E-state index contributed by atoms with van der Waals surface area (Å²) in [6, 6.07) is 4.02. The first-order valence-corrected chi connectivity index (χ1v) is 9.72. The van der Waals surface area contributed by atoms with Gasteiger partial charge in [-0.15, -0.1) is 0 Å². The van der Waals surface area contributed by atoms with E-state index in [4.69, 9.17) is 0 Å².